The van der Waals surface area contributed by atoms with Crippen molar-refractivity contribution in [3.05, 3.63) is 70.5 Å². The number of ether oxygens (including phenoxy) is 1. The van der Waals surface area contributed by atoms with Gasteiger partial charge in [-0.25, -0.2) is 9.97 Å². The molecule has 0 radical (unpaired) electrons. The van der Waals surface area contributed by atoms with E-state index in [1.54, 1.807) is 37.1 Å². The van der Waals surface area contributed by atoms with Crippen LogP contribution in [0.1, 0.15) is 77.6 Å². The second-order valence-corrected chi connectivity index (χ2v) is 11.4. The summed E-state index contributed by atoms with van der Waals surface area (Å²) in [7, 11) is 1.56. The highest BCUT2D eigenvalue weighted by atomic mass is 19.4. The van der Waals surface area contributed by atoms with Gasteiger partial charge in [0.25, 0.3) is 5.91 Å². The number of carbonyl (C=O) groups is 2. The molecule has 2 amide bonds. The molecule has 1 aliphatic heterocycles. The number of halogens is 3. The Morgan fingerprint density at radius 2 is 1.76 bits per heavy atom. The molecule has 2 aliphatic carbocycles. The summed E-state index contributed by atoms with van der Waals surface area (Å²) in [6.45, 7) is 1.89. The van der Waals surface area contributed by atoms with Crippen LogP contribution in [0.4, 0.5) is 30.5 Å². The summed E-state index contributed by atoms with van der Waals surface area (Å²) >= 11 is 0. The van der Waals surface area contributed by atoms with Crippen molar-refractivity contribution in [2.24, 2.45) is 5.92 Å². The Bertz CT molecular complexity index is 1530. The Morgan fingerprint density at radius 1 is 1.07 bits per heavy atom. The Kier molecular flexibility index (Phi) is 7.06. The van der Waals surface area contributed by atoms with E-state index in [2.05, 4.69) is 20.6 Å². The Balaban J connectivity index is 1.41. The van der Waals surface area contributed by atoms with Gasteiger partial charge in [0.1, 0.15) is 23.7 Å². The van der Waals surface area contributed by atoms with Gasteiger partial charge in [-0.3, -0.25) is 9.59 Å². The molecule has 11 heteroatoms. The highest BCUT2D eigenvalue weighted by Gasteiger charge is 2.53. The normalized spacial score (nSPS) is 17.7. The summed E-state index contributed by atoms with van der Waals surface area (Å²) in [5.41, 5.74) is -0.217. The number of alkyl halides is 3. The fourth-order valence-electron chi connectivity index (χ4n) is 6.23. The first kappa shape index (κ1) is 28.0. The topological polar surface area (TPSA) is 96.4 Å². The molecule has 0 saturated heterocycles. The Hall–Kier alpha value is -4.15. The van der Waals surface area contributed by atoms with E-state index in [1.807, 2.05) is 12.1 Å². The fourth-order valence-corrected chi connectivity index (χ4v) is 6.23. The van der Waals surface area contributed by atoms with Gasteiger partial charge in [-0.05, 0) is 68.0 Å². The monoisotopic (exact) mass is 579 g/mol. The highest BCUT2D eigenvalue weighted by Crippen LogP contribution is 2.53. The van der Waals surface area contributed by atoms with Gasteiger partial charge >= 0.3 is 6.18 Å². The quantitative estimate of drug-likeness (QED) is 0.323. The molecule has 2 aromatic carbocycles. The smallest absolute Gasteiger partial charge is 0.417 e. The maximum Gasteiger partial charge on any atom is 0.417 e. The predicted molar refractivity (Wildman–Crippen MR) is 150 cm³/mol. The second kappa shape index (κ2) is 10.6. The van der Waals surface area contributed by atoms with Crippen LogP contribution in [0, 0.1) is 12.8 Å². The maximum atomic E-state index is 14.6. The third-order valence-corrected chi connectivity index (χ3v) is 8.64. The molecule has 0 atom stereocenters. The van der Waals surface area contributed by atoms with E-state index in [-0.39, 0.29) is 35.4 Å². The lowest BCUT2D eigenvalue weighted by Gasteiger charge is -2.42. The first-order valence-electron chi connectivity index (χ1n) is 14.2. The van der Waals surface area contributed by atoms with E-state index in [0.717, 1.165) is 43.7 Å². The van der Waals surface area contributed by atoms with Crippen LogP contribution < -0.4 is 15.4 Å². The van der Waals surface area contributed by atoms with Crippen LogP contribution in [-0.4, -0.2) is 33.8 Å². The van der Waals surface area contributed by atoms with Gasteiger partial charge in [-0.2, -0.15) is 13.2 Å². The number of hydrogen-bond acceptors (Lipinski definition) is 6. The molecule has 2 fully saturated rings. The molecule has 2 heterocycles. The molecular formula is C31H32F3N5O3. The number of nitrogens with one attached hydrogen (secondary N) is 2. The summed E-state index contributed by atoms with van der Waals surface area (Å²) in [6, 6.07) is 9.89. The number of methoxy groups -OCH3 is 1. The van der Waals surface area contributed by atoms with Crippen LogP contribution >= 0.6 is 0 Å². The molecule has 42 heavy (non-hydrogen) atoms. The molecule has 0 unspecified atom stereocenters. The van der Waals surface area contributed by atoms with Gasteiger partial charge in [0.15, 0.2) is 0 Å². The van der Waals surface area contributed by atoms with Gasteiger partial charge in [-0.1, -0.05) is 31.4 Å². The lowest BCUT2D eigenvalue weighted by Crippen LogP contribution is -2.44. The van der Waals surface area contributed by atoms with Crippen molar-refractivity contribution in [3.63, 3.8) is 0 Å². The van der Waals surface area contributed by atoms with E-state index < -0.39 is 23.2 Å². The summed E-state index contributed by atoms with van der Waals surface area (Å²) < 4.78 is 49.1. The van der Waals surface area contributed by atoms with Crippen LogP contribution in [0.5, 0.6) is 5.75 Å². The number of benzene rings is 2. The highest BCUT2D eigenvalue weighted by molar-refractivity contribution is 6.02. The predicted octanol–water partition coefficient (Wildman–Crippen LogP) is 6.72. The number of nitrogens with zero attached hydrogens (tertiary/aromatic N) is 3. The Morgan fingerprint density at radius 3 is 2.40 bits per heavy atom. The van der Waals surface area contributed by atoms with Crippen molar-refractivity contribution in [1.29, 1.82) is 0 Å². The van der Waals surface area contributed by atoms with Gasteiger partial charge in [0.05, 0.1) is 23.8 Å². The lowest BCUT2D eigenvalue weighted by molar-refractivity contribution is -0.137. The zero-order valence-electron chi connectivity index (χ0n) is 23.5. The average Bonchev–Trinajstić information content (AvgIpc) is 3.81. The third kappa shape index (κ3) is 5.05. The number of carbonyl (C=O) groups excluding carboxylic acids is 2. The summed E-state index contributed by atoms with van der Waals surface area (Å²) in [5.74, 6) is 0.478. The van der Waals surface area contributed by atoms with E-state index in [1.165, 1.54) is 6.33 Å². The number of fused-ring (bicyclic) bond motifs is 2. The molecule has 3 aliphatic rings. The SMILES string of the molecule is COc1ccc(CN2C(=O)c3c(C(F)(F)F)cc(Nc4ncnc(NC(=O)C5CC5)c4C)cc3C23CCCCC3)cc1. The van der Waals surface area contributed by atoms with Crippen molar-refractivity contribution < 1.29 is 27.5 Å². The minimum atomic E-state index is -4.76. The van der Waals surface area contributed by atoms with Gasteiger partial charge in [-0.15, -0.1) is 0 Å². The van der Waals surface area contributed by atoms with Crippen molar-refractivity contribution in [2.45, 2.75) is 70.1 Å². The number of rotatable bonds is 7. The van der Waals surface area contributed by atoms with Crippen molar-refractivity contribution in [2.75, 3.05) is 17.7 Å². The number of aromatic nitrogens is 2. The third-order valence-electron chi connectivity index (χ3n) is 8.64. The zero-order chi connectivity index (χ0) is 29.6. The zero-order valence-corrected chi connectivity index (χ0v) is 23.5. The number of amides is 2. The van der Waals surface area contributed by atoms with E-state index in [4.69, 9.17) is 4.74 Å². The molecule has 2 saturated carbocycles. The first-order valence-corrected chi connectivity index (χ1v) is 14.2. The second-order valence-electron chi connectivity index (χ2n) is 11.4. The molecule has 3 aromatic rings. The van der Waals surface area contributed by atoms with Crippen LogP contribution in [0.15, 0.2) is 42.7 Å². The summed E-state index contributed by atoms with van der Waals surface area (Å²) in [4.78, 5) is 36.3. The van der Waals surface area contributed by atoms with Crippen LogP contribution in [0.3, 0.4) is 0 Å². The largest absolute Gasteiger partial charge is 0.497 e. The summed E-state index contributed by atoms with van der Waals surface area (Å²) in [6.07, 6.45) is 1.88. The van der Waals surface area contributed by atoms with Crippen LogP contribution in [0.25, 0.3) is 0 Å². The maximum absolute atomic E-state index is 14.6. The molecular weight excluding hydrogens is 547 g/mol. The fraction of sp³-hybridized carbons (Fsp3) is 0.419. The van der Waals surface area contributed by atoms with Crippen molar-refractivity contribution in [3.8, 4) is 5.75 Å². The van der Waals surface area contributed by atoms with Crippen LogP contribution in [-0.2, 0) is 23.1 Å². The molecule has 2 N–H and O–H groups in total. The minimum Gasteiger partial charge on any atom is -0.497 e. The van der Waals surface area contributed by atoms with E-state index in [9.17, 15) is 22.8 Å². The first-order chi connectivity index (χ1) is 20.1. The molecule has 8 nitrogen and oxygen atoms in total. The van der Waals surface area contributed by atoms with E-state index in [0.29, 0.717) is 35.5 Å². The minimum absolute atomic E-state index is 0.0353. The molecule has 220 valence electrons. The standard InChI is InChI=1S/C31H32F3N5O3/c1-18-26(35-17-36-27(18)38-28(40)20-8-9-20)37-21-14-23-25(24(15-21)31(32,33)34)29(41)39(30(23)12-4-3-5-13-30)16-19-6-10-22(42-2)11-7-19/h6-7,10-11,14-15,17,20H,3-5,8-9,12-13,16H2,1-2H3,(H2,35,36,37,38,40). The van der Waals surface area contributed by atoms with Gasteiger partial charge in [0, 0.05) is 23.7 Å². The van der Waals surface area contributed by atoms with Gasteiger partial charge < -0.3 is 20.3 Å². The van der Waals surface area contributed by atoms with E-state index >= 15 is 0 Å². The van der Waals surface area contributed by atoms with Crippen LogP contribution in [0.2, 0.25) is 0 Å². The summed E-state index contributed by atoms with van der Waals surface area (Å²) in [5, 5.41) is 5.84. The molecule has 0 bridgehead atoms. The molecule has 1 aromatic heterocycles. The Labute approximate surface area is 241 Å². The number of anilines is 3. The average molecular weight is 580 g/mol. The lowest BCUT2D eigenvalue weighted by atomic mass is 9.75. The van der Waals surface area contributed by atoms with Crippen molar-refractivity contribution in [1.82, 2.24) is 14.9 Å². The van der Waals surface area contributed by atoms with Crippen molar-refractivity contribution >= 4 is 29.1 Å². The molecule has 6 rings (SSSR count). The molecule has 1 spiro atoms. The van der Waals surface area contributed by atoms with Gasteiger partial charge in [0.2, 0.25) is 5.91 Å². The number of hydrogen-bond donors (Lipinski definition) is 2.